The molecule has 0 aliphatic heterocycles. The largest absolute Gasteiger partial charge is 0.507 e. The molecule has 3 aliphatic carbocycles. The van der Waals surface area contributed by atoms with Crippen LogP contribution in [0.1, 0.15) is 53.3 Å². The van der Waals surface area contributed by atoms with Crippen LogP contribution in [0.4, 0.5) is 0 Å². The van der Waals surface area contributed by atoms with Crippen molar-refractivity contribution < 1.29 is 19.5 Å². The topological polar surface area (TPSA) is 71.4 Å². The summed E-state index contributed by atoms with van der Waals surface area (Å²) in [6.07, 6.45) is 2.95. The first-order valence-corrected chi connectivity index (χ1v) is 8.42. The summed E-state index contributed by atoms with van der Waals surface area (Å²) in [6, 6.07) is 4.64. The minimum atomic E-state index is -0.518. The summed E-state index contributed by atoms with van der Waals surface area (Å²) in [5, 5.41) is 10.0. The number of carbonyl (C=O) groups excluding carboxylic acids is 3. The van der Waals surface area contributed by atoms with Gasteiger partial charge >= 0.3 is 0 Å². The molecule has 0 spiro atoms. The molecule has 0 unspecified atom stereocenters. The van der Waals surface area contributed by atoms with Gasteiger partial charge in [0.05, 0.1) is 5.56 Å². The Morgan fingerprint density at radius 3 is 2.61 bits per heavy atom. The zero-order chi connectivity index (χ0) is 16.3. The third-order valence-electron chi connectivity index (χ3n) is 6.00. The summed E-state index contributed by atoms with van der Waals surface area (Å²) in [5.74, 6) is -0.938. The van der Waals surface area contributed by atoms with Gasteiger partial charge in [0.2, 0.25) is 0 Å². The second kappa shape index (κ2) is 5.02. The highest BCUT2D eigenvalue weighted by Gasteiger charge is 2.54. The normalized spacial score (nSPS) is 36.2. The van der Waals surface area contributed by atoms with Crippen LogP contribution in [0.5, 0.6) is 5.75 Å². The van der Waals surface area contributed by atoms with Gasteiger partial charge in [0.1, 0.15) is 11.5 Å². The summed E-state index contributed by atoms with van der Waals surface area (Å²) in [6.45, 7) is 2.08. The highest BCUT2D eigenvalue weighted by molar-refractivity contribution is 6.18. The Bertz CT molecular complexity index is 720. The van der Waals surface area contributed by atoms with Crippen molar-refractivity contribution >= 4 is 17.3 Å². The van der Waals surface area contributed by atoms with Gasteiger partial charge in [-0.2, -0.15) is 0 Å². The van der Waals surface area contributed by atoms with Crippen LogP contribution in [0.3, 0.4) is 0 Å². The van der Waals surface area contributed by atoms with Gasteiger partial charge in [-0.3, -0.25) is 14.4 Å². The number of aromatic hydroxyl groups is 1. The summed E-state index contributed by atoms with van der Waals surface area (Å²) < 4.78 is 0. The molecule has 0 amide bonds. The van der Waals surface area contributed by atoms with Gasteiger partial charge < -0.3 is 5.11 Å². The van der Waals surface area contributed by atoms with E-state index in [4.69, 9.17) is 0 Å². The second-order valence-corrected chi connectivity index (χ2v) is 7.44. The molecule has 23 heavy (non-hydrogen) atoms. The van der Waals surface area contributed by atoms with Crippen molar-refractivity contribution in [2.75, 3.05) is 0 Å². The summed E-state index contributed by atoms with van der Waals surface area (Å²) in [5.41, 5.74) is 0.456. The maximum atomic E-state index is 13.0. The Kier molecular flexibility index (Phi) is 3.19. The number of phenolic OH excluding ortho intramolecular Hbond substituents is 1. The van der Waals surface area contributed by atoms with Crippen molar-refractivity contribution in [2.24, 2.45) is 29.6 Å². The molecule has 5 atom stereocenters. The van der Waals surface area contributed by atoms with E-state index in [0.717, 1.165) is 12.8 Å². The van der Waals surface area contributed by atoms with Gasteiger partial charge in [0.25, 0.3) is 0 Å². The fourth-order valence-electron chi connectivity index (χ4n) is 5.11. The Morgan fingerprint density at radius 1 is 1.04 bits per heavy atom. The first-order chi connectivity index (χ1) is 11.0. The molecule has 3 aliphatic rings. The van der Waals surface area contributed by atoms with Crippen LogP contribution in [0.2, 0.25) is 0 Å². The molecule has 120 valence electrons. The average molecular weight is 312 g/mol. The molecule has 0 bridgehead atoms. The van der Waals surface area contributed by atoms with Crippen molar-refractivity contribution in [3.63, 3.8) is 0 Å². The van der Waals surface area contributed by atoms with Crippen LogP contribution >= 0.6 is 0 Å². The van der Waals surface area contributed by atoms with Gasteiger partial charge in [0.15, 0.2) is 11.6 Å². The lowest BCUT2D eigenvalue weighted by Gasteiger charge is -2.46. The number of phenols is 1. The number of carbonyl (C=O) groups is 3. The van der Waals surface area contributed by atoms with Crippen LogP contribution < -0.4 is 0 Å². The highest BCUT2D eigenvalue weighted by Crippen LogP contribution is 2.51. The van der Waals surface area contributed by atoms with Crippen LogP contribution in [-0.4, -0.2) is 22.5 Å². The SMILES string of the molecule is C[C@H]1CC(=O)[C@@H]2[C@H](CC[C@@H]3C(=O)c4c(O)cccc4C(=O)[C@H]23)C1. The zero-order valence-electron chi connectivity index (χ0n) is 13.1. The quantitative estimate of drug-likeness (QED) is 0.799. The molecule has 1 N–H and O–H groups in total. The predicted molar refractivity (Wildman–Crippen MR) is 83.4 cm³/mol. The predicted octanol–water partition coefficient (Wildman–Crippen LogP) is 3.03. The van der Waals surface area contributed by atoms with E-state index in [1.54, 1.807) is 12.1 Å². The second-order valence-electron chi connectivity index (χ2n) is 7.44. The standard InChI is InChI=1S/C19H20O4/c1-9-7-10-5-6-12-17(15(10)14(21)8-9)19(23)11-3-2-4-13(20)16(11)18(12)22/h2-4,9-10,12,15,17,20H,5-8H2,1H3/t9-,10-,12+,15+,17+/m1/s1. The van der Waals surface area contributed by atoms with Gasteiger partial charge in [-0.15, -0.1) is 0 Å². The molecule has 0 aromatic heterocycles. The Morgan fingerprint density at radius 2 is 1.83 bits per heavy atom. The van der Waals surface area contributed by atoms with E-state index in [0.29, 0.717) is 24.3 Å². The van der Waals surface area contributed by atoms with E-state index >= 15 is 0 Å². The molecular formula is C19H20O4. The van der Waals surface area contributed by atoms with Crippen molar-refractivity contribution in [1.82, 2.24) is 0 Å². The van der Waals surface area contributed by atoms with E-state index in [1.807, 2.05) is 0 Å². The van der Waals surface area contributed by atoms with Gasteiger partial charge in [0, 0.05) is 29.7 Å². The number of Topliss-reactive ketones (excluding diaryl/α,β-unsaturated/α-hetero) is 3. The molecular weight excluding hydrogens is 292 g/mol. The van der Waals surface area contributed by atoms with Gasteiger partial charge in [-0.1, -0.05) is 19.1 Å². The molecule has 1 aromatic carbocycles. The van der Waals surface area contributed by atoms with Crippen molar-refractivity contribution in [3.8, 4) is 5.75 Å². The minimum Gasteiger partial charge on any atom is -0.507 e. The molecule has 4 nitrogen and oxygen atoms in total. The first-order valence-electron chi connectivity index (χ1n) is 8.42. The third-order valence-corrected chi connectivity index (χ3v) is 6.00. The van der Waals surface area contributed by atoms with Crippen LogP contribution in [0.25, 0.3) is 0 Å². The molecule has 2 fully saturated rings. The molecule has 0 radical (unpaired) electrons. The first kappa shape index (κ1) is 14.6. The number of ketones is 3. The molecule has 0 heterocycles. The van der Waals surface area contributed by atoms with Crippen LogP contribution in [0, 0.1) is 29.6 Å². The monoisotopic (exact) mass is 312 g/mol. The van der Waals surface area contributed by atoms with Crippen molar-refractivity contribution in [2.45, 2.75) is 32.6 Å². The molecule has 4 heteroatoms. The number of rotatable bonds is 0. The maximum absolute atomic E-state index is 13.0. The molecule has 0 saturated heterocycles. The Hall–Kier alpha value is -1.97. The fraction of sp³-hybridized carbons (Fsp3) is 0.526. The molecule has 1 aromatic rings. The average Bonchev–Trinajstić information content (AvgIpc) is 2.51. The van der Waals surface area contributed by atoms with E-state index in [-0.39, 0.29) is 40.5 Å². The van der Waals surface area contributed by atoms with Gasteiger partial charge in [-0.25, -0.2) is 0 Å². The molecule has 4 rings (SSSR count). The lowest BCUT2D eigenvalue weighted by molar-refractivity contribution is -0.132. The van der Waals surface area contributed by atoms with E-state index in [2.05, 4.69) is 6.92 Å². The Labute approximate surface area is 134 Å². The zero-order valence-corrected chi connectivity index (χ0v) is 13.1. The lowest BCUT2D eigenvalue weighted by Crippen LogP contribution is -2.51. The summed E-state index contributed by atoms with van der Waals surface area (Å²) in [4.78, 5) is 38.5. The van der Waals surface area contributed by atoms with Gasteiger partial charge in [-0.05, 0) is 37.2 Å². The fourth-order valence-corrected chi connectivity index (χ4v) is 5.11. The van der Waals surface area contributed by atoms with E-state index < -0.39 is 11.8 Å². The van der Waals surface area contributed by atoms with Crippen molar-refractivity contribution in [3.05, 3.63) is 29.3 Å². The van der Waals surface area contributed by atoms with E-state index in [1.165, 1.54) is 6.07 Å². The van der Waals surface area contributed by atoms with Crippen LogP contribution in [-0.2, 0) is 4.79 Å². The summed E-state index contributed by atoms with van der Waals surface area (Å²) >= 11 is 0. The van der Waals surface area contributed by atoms with Crippen molar-refractivity contribution in [1.29, 1.82) is 0 Å². The number of fused-ring (bicyclic) bond motifs is 4. The van der Waals surface area contributed by atoms with Crippen LogP contribution in [0.15, 0.2) is 18.2 Å². The molecule has 2 saturated carbocycles. The minimum absolute atomic E-state index is 0.120. The highest BCUT2D eigenvalue weighted by atomic mass is 16.3. The number of hydrogen-bond acceptors (Lipinski definition) is 4. The Balaban J connectivity index is 1.81. The maximum Gasteiger partial charge on any atom is 0.171 e. The third kappa shape index (κ3) is 2.00. The number of hydrogen-bond donors (Lipinski definition) is 1. The lowest BCUT2D eigenvalue weighted by atomic mass is 9.55. The summed E-state index contributed by atoms with van der Waals surface area (Å²) in [7, 11) is 0. The number of benzene rings is 1. The van der Waals surface area contributed by atoms with E-state index in [9.17, 15) is 19.5 Å². The smallest absolute Gasteiger partial charge is 0.171 e.